The van der Waals surface area contributed by atoms with Gasteiger partial charge in [0.15, 0.2) is 0 Å². The lowest BCUT2D eigenvalue weighted by atomic mass is 10.00. The summed E-state index contributed by atoms with van der Waals surface area (Å²) < 4.78 is 34.1. The van der Waals surface area contributed by atoms with E-state index in [1.807, 2.05) is 0 Å². The average molecular weight is 414 g/mol. The highest BCUT2D eigenvalue weighted by atomic mass is 32.2. The van der Waals surface area contributed by atoms with Crippen LogP contribution in [-0.2, 0) is 27.7 Å². The highest BCUT2D eigenvalue weighted by molar-refractivity contribution is 7.89. The van der Waals surface area contributed by atoms with Crippen molar-refractivity contribution in [3.8, 4) is 5.88 Å². The van der Waals surface area contributed by atoms with Gasteiger partial charge >= 0.3 is 0 Å². The van der Waals surface area contributed by atoms with E-state index in [0.29, 0.717) is 49.7 Å². The average Bonchev–Trinajstić information content (AvgIpc) is 3.17. The van der Waals surface area contributed by atoms with Gasteiger partial charge in [0.05, 0.1) is 17.1 Å². The molecule has 1 aromatic heterocycles. The predicted octanol–water partition coefficient (Wildman–Crippen LogP) is 1.54. The van der Waals surface area contributed by atoms with Crippen molar-refractivity contribution in [3.63, 3.8) is 0 Å². The summed E-state index contributed by atoms with van der Waals surface area (Å²) in [6, 6.07) is 5.18. The molecule has 152 valence electrons. The molecule has 0 spiro atoms. The minimum absolute atomic E-state index is 0.132. The standard InChI is InChI=1S/C20H22N4O4S/c25-19-4-3-14-10-17(11-15-6-9-24(19)20(14)15)29(26,27)23-8-1-2-16(12-23)28-18-5-7-21-13-22-18/h5,7,10-11,13,16H,1-4,6,8-9,12H2. The molecule has 0 bridgehead atoms. The van der Waals surface area contributed by atoms with Crippen molar-refractivity contribution in [2.45, 2.75) is 43.1 Å². The number of rotatable bonds is 4. The Balaban J connectivity index is 1.40. The van der Waals surface area contributed by atoms with Crippen molar-refractivity contribution in [2.75, 3.05) is 24.5 Å². The molecule has 9 heteroatoms. The van der Waals surface area contributed by atoms with Crippen LogP contribution in [0.1, 0.15) is 30.4 Å². The quantitative estimate of drug-likeness (QED) is 0.754. The van der Waals surface area contributed by atoms with Gasteiger partial charge in [0.2, 0.25) is 21.8 Å². The van der Waals surface area contributed by atoms with Crippen LogP contribution in [0.3, 0.4) is 0 Å². The fourth-order valence-corrected chi connectivity index (χ4v) is 6.07. The minimum Gasteiger partial charge on any atom is -0.473 e. The van der Waals surface area contributed by atoms with Crippen molar-refractivity contribution < 1.29 is 17.9 Å². The Morgan fingerprint density at radius 2 is 1.93 bits per heavy atom. The molecule has 0 aliphatic carbocycles. The van der Waals surface area contributed by atoms with Gasteiger partial charge in [-0.25, -0.2) is 18.4 Å². The van der Waals surface area contributed by atoms with Crippen LogP contribution in [0.15, 0.2) is 35.6 Å². The first-order valence-electron chi connectivity index (χ1n) is 9.91. The van der Waals surface area contributed by atoms with Crippen LogP contribution in [0, 0.1) is 0 Å². The molecule has 0 radical (unpaired) electrons. The normalized spacial score (nSPS) is 21.9. The summed E-state index contributed by atoms with van der Waals surface area (Å²) >= 11 is 0. The minimum atomic E-state index is -3.63. The summed E-state index contributed by atoms with van der Waals surface area (Å²) in [4.78, 5) is 22.2. The molecule has 4 heterocycles. The predicted molar refractivity (Wildman–Crippen MR) is 105 cm³/mol. The zero-order valence-electron chi connectivity index (χ0n) is 16.0. The number of nitrogens with zero attached hydrogens (tertiary/aromatic N) is 4. The molecule has 8 nitrogen and oxygen atoms in total. The number of ether oxygens (including phenoxy) is 1. The number of aryl methyl sites for hydroxylation is 1. The first-order valence-corrected chi connectivity index (χ1v) is 11.4. The van der Waals surface area contributed by atoms with Crippen molar-refractivity contribution >= 4 is 21.6 Å². The van der Waals surface area contributed by atoms with E-state index in [9.17, 15) is 13.2 Å². The summed E-state index contributed by atoms with van der Waals surface area (Å²) in [6.07, 6.45) is 6.03. The Bertz CT molecular complexity index is 1060. The van der Waals surface area contributed by atoms with E-state index in [4.69, 9.17) is 4.74 Å². The fourth-order valence-electron chi connectivity index (χ4n) is 4.46. The largest absolute Gasteiger partial charge is 0.473 e. The van der Waals surface area contributed by atoms with Crippen LogP contribution in [-0.4, -0.2) is 54.3 Å². The molecule has 1 amide bonds. The SMILES string of the molecule is O=C1CCc2cc(S(=O)(=O)N3CCCC(Oc4ccncn4)C3)cc3c2N1CC3. The molecule has 1 fully saturated rings. The summed E-state index contributed by atoms with van der Waals surface area (Å²) in [5.41, 5.74) is 2.85. The molecule has 0 N–H and O–H groups in total. The maximum atomic E-state index is 13.4. The van der Waals surface area contributed by atoms with E-state index >= 15 is 0 Å². The number of anilines is 1. The second-order valence-corrected chi connectivity index (χ2v) is 9.62. The van der Waals surface area contributed by atoms with Crippen LogP contribution in [0.5, 0.6) is 5.88 Å². The fraction of sp³-hybridized carbons (Fsp3) is 0.450. The number of carbonyl (C=O) groups is 1. The van der Waals surface area contributed by atoms with Gasteiger partial charge in [-0.2, -0.15) is 4.31 Å². The van der Waals surface area contributed by atoms with Crippen LogP contribution < -0.4 is 9.64 Å². The number of benzene rings is 1. The molecular weight excluding hydrogens is 392 g/mol. The molecule has 3 aliphatic rings. The van der Waals surface area contributed by atoms with Gasteiger partial charge in [0.25, 0.3) is 0 Å². The lowest BCUT2D eigenvalue weighted by molar-refractivity contribution is -0.118. The molecule has 1 unspecified atom stereocenters. The van der Waals surface area contributed by atoms with Crippen LogP contribution in [0.2, 0.25) is 0 Å². The van der Waals surface area contributed by atoms with Gasteiger partial charge in [-0.05, 0) is 48.9 Å². The Morgan fingerprint density at radius 3 is 2.72 bits per heavy atom. The lowest BCUT2D eigenvalue weighted by Gasteiger charge is -2.32. The molecule has 5 rings (SSSR count). The third-order valence-electron chi connectivity index (χ3n) is 5.85. The van der Waals surface area contributed by atoms with E-state index in [0.717, 1.165) is 29.7 Å². The Morgan fingerprint density at radius 1 is 1.10 bits per heavy atom. The molecule has 3 aliphatic heterocycles. The number of hydrogen-bond acceptors (Lipinski definition) is 6. The lowest BCUT2D eigenvalue weighted by Crippen LogP contribution is -2.44. The van der Waals surface area contributed by atoms with Crippen molar-refractivity contribution in [1.82, 2.24) is 14.3 Å². The van der Waals surface area contributed by atoms with Gasteiger partial charge in [-0.15, -0.1) is 0 Å². The molecule has 0 saturated carbocycles. The topological polar surface area (TPSA) is 92.7 Å². The summed E-state index contributed by atoms with van der Waals surface area (Å²) in [7, 11) is -3.63. The van der Waals surface area contributed by atoms with Gasteiger partial charge in [0, 0.05) is 31.8 Å². The van der Waals surface area contributed by atoms with Crippen molar-refractivity contribution in [3.05, 3.63) is 41.9 Å². The monoisotopic (exact) mass is 414 g/mol. The second-order valence-electron chi connectivity index (χ2n) is 7.68. The first-order chi connectivity index (χ1) is 14.0. The van der Waals surface area contributed by atoms with Crippen molar-refractivity contribution in [1.29, 1.82) is 0 Å². The number of aromatic nitrogens is 2. The molecule has 1 atom stereocenters. The zero-order chi connectivity index (χ0) is 20.0. The van der Waals surface area contributed by atoms with E-state index < -0.39 is 10.0 Å². The number of piperidine rings is 1. The third-order valence-corrected chi connectivity index (χ3v) is 7.69. The van der Waals surface area contributed by atoms with Crippen LogP contribution in [0.25, 0.3) is 0 Å². The van der Waals surface area contributed by atoms with E-state index in [1.165, 1.54) is 10.6 Å². The molecule has 2 aromatic rings. The van der Waals surface area contributed by atoms with E-state index in [-0.39, 0.29) is 12.0 Å². The Hall–Kier alpha value is -2.52. The molecular formula is C20H22N4O4S. The first kappa shape index (κ1) is 18.5. The summed E-state index contributed by atoms with van der Waals surface area (Å²) in [6.45, 7) is 1.41. The Kier molecular flexibility index (Phi) is 4.51. The summed E-state index contributed by atoms with van der Waals surface area (Å²) in [5.74, 6) is 0.587. The van der Waals surface area contributed by atoms with Crippen LogP contribution in [0.4, 0.5) is 5.69 Å². The van der Waals surface area contributed by atoms with Gasteiger partial charge in [-0.3, -0.25) is 4.79 Å². The molecule has 29 heavy (non-hydrogen) atoms. The number of sulfonamides is 1. The zero-order valence-corrected chi connectivity index (χ0v) is 16.8. The third kappa shape index (κ3) is 3.28. The molecule has 1 saturated heterocycles. The number of hydrogen-bond donors (Lipinski definition) is 0. The van der Waals surface area contributed by atoms with E-state index in [1.54, 1.807) is 29.3 Å². The molecule has 1 aromatic carbocycles. The van der Waals surface area contributed by atoms with Gasteiger partial charge in [-0.1, -0.05) is 0 Å². The highest BCUT2D eigenvalue weighted by Gasteiger charge is 2.36. The number of carbonyl (C=O) groups excluding carboxylic acids is 1. The van der Waals surface area contributed by atoms with Crippen LogP contribution >= 0.6 is 0 Å². The van der Waals surface area contributed by atoms with Crippen molar-refractivity contribution in [2.24, 2.45) is 0 Å². The second kappa shape index (κ2) is 7.07. The number of amides is 1. The maximum Gasteiger partial charge on any atom is 0.243 e. The van der Waals surface area contributed by atoms with Gasteiger partial charge < -0.3 is 9.64 Å². The smallest absolute Gasteiger partial charge is 0.243 e. The van der Waals surface area contributed by atoms with E-state index in [2.05, 4.69) is 9.97 Å². The summed E-state index contributed by atoms with van der Waals surface area (Å²) in [5, 5.41) is 0. The maximum absolute atomic E-state index is 13.4. The highest BCUT2D eigenvalue weighted by Crippen LogP contribution is 2.39. The van der Waals surface area contributed by atoms with Gasteiger partial charge in [0.1, 0.15) is 12.4 Å². The Labute approximate surface area is 169 Å².